The molecule has 1 atom stereocenters. The van der Waals surface area contributed by atoms with Gasteiger partial charge in [-0.1, -0.05) is 19.6 Å². The molecule has 0 saturated heterocycles. The Kier molecular flexibility index (Phi) is 2.85. The second-order valence-electron chi connectivity index (χ2n) is 3.30. The molecule has 0 aromatic rings. The van der Waals surface area contributed by atoms with Gasteiger partial charge in [0.1, 0.15) is 5.83 Å². The Balaban J connectivity index is 2.97. The normalized spacial score (nSPS) is 28.6. The van der Waals surface area contributed by atoms with Gasteiger partial charge in [0.25, 0.3) is 0 Å². The summed E-state index contributed by atoms with van der Waals surface area (Å²) in [5.74, 6) is 0.237. The highest BCUT2D eigenvalue weighted by atomic mass is 19.1. The average molecular weight is 166 g/mol. The predicted octanol–water partition coefficient (Wildman–Crippen LogP) is 3.77. The molecule has 0 aromatic carbocycles. The molecule has 0 aliphatic heterocycles. The Morgan fingerprint density at radius 3 is 2.75 bits per heavy atom. The van der Waals surface area contributed by atoms with Gasteiger partial charge >= 0.3 is 0 Å². The molecule has 0 unspecified atom stereocenters. The van der Waals surface area contributed by atoms with E-state index in [4.69, 9.17) is 0 Å². The molecule has 0 amide bonds. The number of allylic oxidation sites excluding steroid dienone is 5. The van der Waals surface area contributed by atoms with Crippen LogP contribution in [0.1, 0.15) is 26.7 Å². The van der Waals surface area contributed by atoms with Crippen molar-refractivity contribution in [3.8, 4) is 0 Å². The molecule has 0 bridgehead atoms. The standard InChI is InChI=1S/C11H15F/c1-4-5-10(12)11-8(2)6-7-9(11)3/h4-5,9H,2,6-7H2,1,3H3/b5-4-,11-10-/t9-/m0/s1. The lowest BCUT2D eigenvalue weighted by atomic mass is 10.0. The first-order chi connectivity index (χ1) is 5.66. The lowest BCUT2D eigenvalue weighted by Crippen LogP contribution is -1.91. The number of halogens is 1. The van der Waals surface area contributed by atoms with Crippen molar-refractivity contribution in [3.05, 3.63) is 35.7 Å². The fraction of sp³-hybridized carbons (Fsp3) is 0.455. The van der Waals surface area contributed by atoms with E-state index in [9.17, 15) is 4.39 Å². The molecule has 66 valence electrons. The topological polar surface area (TPSA) is 0 Å². The van der Waals surface area contributed by atoms with Crippen LogP contribution in [0.25, 0.3) is 0 Å². The Labute approximate surface area is 73.5 Å². The maximum atomic E-state index is 13.3. The van der Waals surface area contributed by atoms with Gasteiger partial charge in [-0.15, -0.1) is 0 Å². The zero-order valence-corrected chi connectivity index (χ0v) is 7.73. The van der Waals surface area contributed by atoms with Gasteiger partial charge in [-0.25, -0.2) is 4.39 Å². The van der Waals surface area contributed by atoms with Gasteiger partial charge in [-0.2, -0.15) is 0 Å². The molecule has 12 heavy (non-hydrogen) atoms. The first kappa shape index (κ1) is 9.24. The summed E-state index contributed by atoms with van der Waals surface area (Å²) in [4.78, 5) is 0. The minimum absolute atomic E-state index is 0.104. The molecule has 0 N–H and O–H groups in total. The van der Waals surface area contributed by atoms with Gasteiger partial charge in [0.05, 0.1) is 0 Å². The Morgan fingerprint density at radius 2 is 2.33 bits per heavy atom. The van der Waals surface area contributed by atoms with Gasteiger partial charge in [-0.05, 0) is 42.9 Å². The molecule has 0 nitrogen and oxygen atoms in total. The van der Waals surface area contributed by atoms with Gasteiger partial charge in [0.2, 0.25) is 0 Å². The van der Waals surface area contributed by atoms with Crippen molar-refractivity contribution in [2.24, 2.45) is 5.92 Å². The summed E-state index contributed by atoms with van der Waals surface area (Å²) in [5, 5.41) is 0. The number of hydrogen-bond acceptors (Lipinski definition) is 0. The van der Waals surface area contributed by atoms with Crippen LogP contribution in [0.3, 0.4) is 0 Å². The third-order valence-electron chi connectivity index (χ3n) is 2.32. The molecule has 0 heterocycles. The Hall–Kier alpha value is -0.850. The van der Waals surface area contributed by atoms with Crippen LogP contribution >= 0.6 is 0 Å². The SMILES string of the molecule is C=C1CC[C@H](C)/C1=C(F)/C=C\C. The van der Waals surface area contributed by atoms with E-state index in [0.717, 1.165) is 24.0 Å². The van der Waals surface area contributed by atoms with E-state index >= 15 is 0 Å². The van der Waals surface area contributed by atoms with E-state index < -0.39 is 0 Å². The van der Waals surface area contributed by atoms with Crippen molar-refractivity contribution in [1.82, 2.24) is 0 Å². The molecule has 1 aliphatic rings. The molecule has 1 rings (SSSR count). The van der Waals surface area contributed by atoms with E-state index in [1.807, 2.05) is 6.92 Å². The van der Waals surface area contributed by atoms with E-state index in [2.05, 4.69) is 13.5 Å². The van der Waals surface area contributed by atoms with Crippen molar-refractivity contribution in [2.75, 3.05) is 0 Å². The molecule has 1 saturated carbocycles. The van der Waals surface area contributed by atoms with Crippen LogP contribution < -0.4 is 0 Å². The van der Waals surface area contributed by atoms with Crippen LogP contribution in [0.5, 0.6) is 0 Å². The maximum absolute atomic E-state index is 13.3. The van der Waals surface area contributed by atoms with Crippen LogP contribution in [0.4, 0.5) is 4.39 Å². The summed E-state index contributed by atoms with van der Waals surface area (Å²) in [5.41, 5.74) is 1.80. The second-order valence-corrected chi connectivity index (χ2v) is 3.30. The first-order valence-electron chi connectivity index (χ1n) is 4.37. The van der Waals surface area contributed by atoms with Gasteiger partial charge in [0, 0.05) is 0 Å². The van der Waals surface area contributed by atoms with Gasteiger partial charge in [0.15, 0.2) is 0 Å². The zero-order valence-electron chi connectivity index (χ0n) is 7.73. The Morgan fingerprint density at radius 1 is 1.67 bits per heavy atom. The van der Waals surface area contributed by atoms with Crippen molar-refractivity contribution in [1.29, 1.82) is 0 Å². The highest BCUT2D eigenvalue weighted by molar-refractivity contribution is 5.40. The minimum atomic E-state index is -0.104. The van der Waals surface area contributed by atoms with Crippen LogP contribution in [-0.4, -0.2) is 0 Å². The summed E-state index contributed by atoms with van der Waals surface area (Å²) < 4.78 is 13.3. The van der Waals surface area contributed by atoms with Crippen molar-refractivity contribution >= 4 is 0 Å². The zero-order chi connectivity index (χ0) is 9.14. The first-order valence-corrected chi connectivity index (χ1v) is 4.37. The van der Waals surface area contributed by atoms with E-state index in [0.29, 0.717) is 5.92 Å². The lowest BCUT2D eigenvalue weighted by molar-refractivity contribution is 0.618. The summed E-state index contributed by atoms with van der Waals surface area (Å²) in [6, 6.07) is 0. The fourth-order valence-electron chi connectivity index (χ4n) is 1.66. The summed E-state index contributed by atoms with van der Waals surface area (Å²) >= 11 is 0. The van der Waals surface area contributed by atoms with Crippen LogP contribution in [0, 0.1) is 5.92 Å². The largest absolute Gasteiger partial charge is 0.207 e. The molecule has 0 aromatic heterocycles. The van der Waals surface area contributed by atoms with Crippen molar-refractivity contribution in [3.63, 3.8) is 0 Å². The third-order valence-corrected chi connectivity index (χ3v) is 2.32. The molecule has 1 aliphatic carbocycles. The molecular formula is C11H15F. The smallest absolute Gasteiger partial charge is 0.126 e. The molecule has 1 fully saturated rings. The van der Waals surface area contributed by atoms with Crippen molar-refractivity contribution in [2.45, 2.75) is 26.7 Å². The van der Waals surface area contributed by atoms with Gasteiger partial charge < -0.3 is 0 Å². The maximum Gasteiger partial charge on any atom is 0.126 e. The molecule has 0 radical (unpaired) electrons. The second kappa shape index (κ2) is 3.70. The van der Waals surface area contributed by atoms with Crippen LogP contribution in [0.15, 0.2) is 35.7 Å². The van der Waals surface area contributed by atoms with Crippen LogP contribution in [-0.2, 0) is 0 Å². The highest BCUT2D eigenvalue weighted by Crippen LogP contribution is 2.37. The minimum Gasteiger partial charge on any atom is -0.207 e. The number of rotatable bonds is 1. The molecule has 1 heteroatoms. The quantitative estimate of drug-likeness (QED) is 0.556. The summed E-state index contributed by atoms with van der Waals surface area (Å²) in [6.07, 6.45) is 5.23. The van der Waals surface area contributed by atoms with E-state index in [1.54, 1.807) is 6.08 Å². The lowest BCUT2D eigenvalue weighted by Gasteiger charge is -2.05. The monoisotopic (exact) mass is 166 g/mol. The fourth-order valence-corrected chi connectivity index (χ4v) is 1.66. The van der Waals surface area contributed by atoms with Gasteiger partial charge in [-0.3, -0.25) is 0 Å². The van der Waals surface area contributed by atoms with Crippen molar-refractivity contribution < 1.29 is 4.39 Å². The highest BCUT2D eigenvalue weighted by Gasteiger charge is 2.22. The predicted molar refractivity (Wildman–Crippen MR) is 50.5 cm³/mol. The number of hydrogen-bond donors (Lipinski definition) is 0. The van der Waals surface area contributed by atoms with E-state index in [1.165, 1.54) is 6.08 Å². The van der Waals surface area contributed by atoms with E-state index in [-0.39, 0.29) is 5.83 Å². The summed E-state index contributed by atoms with van der Waals surface area (Å²) in [7, 11) is 0. The summed E-state index contributed by atoms with van der Waals surface area (Å²) in [6.45, 7) is 7.73. The third kappa shape index (κ3) is 1.66. The average Bonchev–Trinajstić information content (AvgIpc) is 2.32. The molecule has 0 spiro atoms. The van der Waals surface area contributed by atoms with Crippen LogP contribution in [0.2, 0.25) is 0 Å². The Bertz CT molecular complexity index is 246. The molecular weight excluding hydrogens is 151 g/mol.